The summed E-state index contributed by atoms with van der Waals surface area (Å²) in [4.78, 5) is 0. The van der Waals surface area contributed by atoms with Crippen LogP contribution in [0.15, 0.2) is 30.5 Å². The normalized spacial score (nSPS) is 11.2. The molecule has 1 heterocycles. The van der Waals surface area contributed by atoms with Crippen molar-refractivity contribution in [1.29, 1.82) is 0 Å². The van der Waals surface area contributed by atoms with Gasteiger partial charge in [0.15, 0.2) is 0 Å². The standard InChI is InChI=1S/C16H24N2/c1-2-3-4-5-6-11-18-12-10-14-8-7-9-15(13-17)16(14)18/h7-10,12H,2-6,11,13,17H2,1H3. The van der Waals surface area contributed by atoms with Crippen LogP contribution in [0.2, 0.25) is 0 Å². The highest BCUT2D eigenvalue weighted by atomic mass is 15.0. The molecule has 18 heavy (non-hydrogen) atoms. The Labute approximate surface area is 110 Å². The van der Waals surface area contributed by atoms with Gasteiger partial charge in [0.25, 0.3) is 0 Å². The van der Waals surface area contributed by atoms with Crippen LogP contribution in [0, 0.1) is 0 Å². The zero-order chi connectivity index (χ0) is 12.8. The van der Waals surface area contributed by atoms with E-state index in [1.807, 2.05) is 0 Å². The Morgan fingerprint density at radius 2 is 1.89 bits per heavy atom. The van der Waals surface area contributed by atoms with E-state index in [4.69, 9.17) is 5.73 Å². The maximum atomic E-state index is 5.83. The third-order valence-electron chi connectivity index (χ3n) is 3.59. The second-order valence-electron chi connectivity index (χ2n) is 4.98. The highest BCUT2D eigenvalue weighted by Gasteiger charge is 2.04. The number of unbranched alkanes of at least 4 members (excludes halogenated alkanes) is 4. The molecule has 0 spiro atoms. The van der Waals surface area contributed by atoms with Crippen molar-refractivity contribution in [3.63, 3.8) is 0 Å². The predicted molar refractivity (Wildman–Crippen MR) is 78.6 cm³/mol. The van der Waals surface area contributed by atoms with Gasteiger partial charge in [-0.25, -0.2) is 0 Å². The molecule has 2 N–H and O–H groups in total. The van der Waals surface area contributed by atoms with Crippen LogP contribution < -0.4 is 5.73 Å². The lowest BCUT2D eigenvalue weighted by Crippen LogP contribution is -2.02. The zero-order valence-electron chi connectivity index (χ0n) is 11.4. The van der Waals surface area contributed by atoms with Crippen molar-refractivity contribution in [2.24, 2.45) is 5.73 Å². The first-order valence-electron chi connectivity index (χ1n) is 7.13. The molecule has 2 heteroatoms. The van der Waals surface area contributed by atoms with Gasteiger partial charge < -0.3 is 10.3 Å². The fraction of sp³-hybridized carbons (Fsp3) is 0.500. The minimum absolute atomic E-state index is 0.622. The van der Waals surface area contributed by atoms with Crippen molar-refractivity contribution in [2.45, 2.75) is 52.1 Å². The van der Waals surface area contributed by atoms with E-state index in [2.05, 4.69) is 42.0 Å². The topological polar surface area (TPSA) is 30.9 Å². The molecule has 0 unspecified atom stereocenters. The summed E-state index contributed by atoms with van der Waals surface area (Å²) in [5.41, 5.74) is 8.41. The number of aromatic nitrogens is 1. The molecule has 0 fully saturated rings. The first kappa shape index (κ1) is 13.2. The minimum Gasteiger partial charge on any atom is -0.347 e. The molecule has 2 nitrogen and oxygen atoms in total. The largest absolute Gasteiger partial charge is 0.347 e. The fourth-order valence-electron chi connectivity index (χ4n) is 2.58. The fourth-order valence-corrected chi connectivity index (χ4v) is 2.58. The number of fused-ring (bicyclic) bond motifs is 1. The maximum Gasteiger partial charge on any atom is 0.0525 e. The van der Waals surface area contributed by atoms with Crippen LogP contribution >= 0.6 is 0 Å². The Morgan fingerprint density at radius 3 is 2.67 bits per heavy atom. The van der Waals surface area contributed by atoms with Crippen LogP contribution in [-0.2, 0) is 13.1 Å². The molecule has 0 saturated heterocycles. The van der Waals surface area contributed by atoms with Crippen LogP contribution in [0.4, 0.5) is 0 Å². The lowest BCUT2D eigenvalue weighted by molar-refractivity contribution is 0.577. The van der Waals surface area contributed by atoms with E-state index in [0.29, 0.717) is 6.54 Å². The van der Waals surface area contributed by atoms with Crippen molar-refractivity contribution in [1.82, 2.24) is 4.57 Å². The average Bonchev–Trinajstić information content (AvgIpc) is 2.82. The van der Waals surface area contributed by atoms with Crippen molar-refractivity contribution in [3.05, 3.63) is 36.0 Å². The van der Waals surface area contributed by atoms with Crippen LogP contribution in [0.1, 0.15) is 44.6 Å². The van der Waals surface area contributed by atoms with Gasteiger partial charge in [0.1, 0.15) is 0 Å². The number of para-hydroxylation sites is 1. The van der Waals surface area contributed by atoms with E-state index in [-0.39, 0.29) is 0 Å². The zero-order valence-corrected chi connectivity index (χ0v) is 11.4. The second kappa shape index (κ2) is 6.60. The van der Waals surface area contributed by atoms with Gasteiger partial charge in [-0.05, 0) is 23.4 Å². The van der Waals surface area contributed by atoms with Gasteiger partial charge in [-0.15, -0.1) is 0 Å². The molecule has 0 atom stereocenters. The molecule has 0 radical (unpaired) electrons. The first-order chi connectivity index (χ1) is 8.86. The molecule has 0 aliphatic rings. The number of hydrogen-bond donors (Lipinski definition) is 1. The summed E-state index contributed by atoms with van der Waals surface area (Å²) >= 11 is 0. The van der Waals surface area contributed by atoms with Gasteiger partial charge in [-0.2, -0.15) is 0 Å². The molecule has 2 rings (SSSR count). The van der Waals surface area contributed by atoms with E-state index in [1.165, 1.54) is 48.6 Å². The molecule has 0 bridgehead atoms. The SMILES string of the molecule is CCCCCCCn1ccc2cccc(CN)c21. The van der Waals surface area contributed by atoms with Gasteiger partial charge >= 0.3 is 0 Å². The molecular formula is C16H24N2. The van der Waals surface area contributed by atoms with Crippen molar-refractivity contribution in [3.8, 4) is 0 Å². The van der Waals surface area contributed by atoms with Gasteiger partial charge in [0.2, 0.25) is 0 Å². The number of nitrogens with two attached hydrogens (primary N) is 1. The molecule has 1 aromatic carbocycles. The summed E-state index contributed by atoms with van der Waals surface area (Å²) in [7, 11) is 0. The quantitative estimate of drug-likeness (QED) is 0.731. The third-order valence-corrected chi connectivity index (χ3v) is 3.59. The maximum absolute atomic E-state index is 5.83. The summed E-state index contributed by atoms with van der Waals surface area (Å²) < 4.78 is 2.36. The number of aryl methyl sites for hydroxylation is 1. The highest BCUT2D eigenvalue weighted by Crippen LogP contribution is 2.20. The van der Waals surface area contributed by atoms with Gasteiger partial charge in [0.05, 0.1) is 5.52 Å². The molecule has 2 aromatic rings. The molecule has 98 valence electrons. The van der Waals surface area contributed by atoms with Crippen molar-refractivity contribution < 1.29 is 0 Å². The third kappa shape index (κ3) is 2.94. The van der Waals surface area contributed by atoms with Crippen LogP contribution in [0.5, 0.6) is 0 Å². The van der Waals surface area contributed by atoms with Crippen LogP contribution in [-0.4, -0.2) is 4.57 Å². The van der Waals surface area contributed by atoms with Gasteiger partial charge in [0, 0.05) is 19.3 Å². The Bertz CT molecular complexity index is 485. The molecule has 0 aliphatic heterocycles. The number of benzene rings is 1. The molecular weight excluding hydrogens is 220 g/mol. The molecule has 1 aromatic heterocycles. The number of rotatable bonds is 7. The monoisotopic (exact) mass is 244 g/mol. The second-order valence-corrected chi connectivity index (χ2v) is 4.98. The van der Waals surface area contributed by atoms with E-state index < -0.39 is 0 Å². The summed E-state index contributed by atoms with van der Waals surface area (Å²) in [6.45, 7) is 3.99. The smallest absolute Gasteiger partial charge is 0.0525 e. The molecule has 0 amide bonds. The van der Waals surface area contributed by atoms with Crippen molar-refractivity contribution >= 4 is 10.9 Å². The predicted octanol–water partition coefficient (Wildman–Crippen LogP) is 4.07. The van der Waals surface area contributed by atoms with Crippen molar-refractivity contribution in [2.75, 3.05) is 0 Å². The van der Waals surface area contributed by atoms with Crippen LogP contribution in [0.3, 0.4) is 0 Å². The minimum atomic E-state index is 0.622. The average molecular weight is 244 g/mol. The lowest BCUT2D eigenvalue weighted by Gasteiger charge is -2.08. The summed E-state index contributed by atoms with van der Waals surface area (Å²) in [6, 6.07) is 8.59. The summed E-state index contributed by atoms with van der Waals surface area (Å²) in [5.74, 6) is 0. The molecule has 0 aliphatic carbocycles. The van der Waals surface area contributed by atoms with E-state index in [0.717, 1.165) is 6.54 Å². The van der Waals surface area contributed by atoms with E-state index in [9.17, 15) is 0 Å². The first-order valence-corrected chi connectivity index (χ1v) is 7.13. The number of hydrogen-bond acceptors (Lipinski definition) is 1. The van der Waals surface area contributed by atoms with Gasteiger partial charge in [-0.3, -0.25) is 0 Å². The Kier molecular flexibility index (Phi) is 4.82. The Balaban J connectivity index is 2.04. The van der Waals surface area contributed by atoms with E-state index >= 15 is 0 Å². The Hall–Kier alpha value is -1.28. The number of nitrogens with zero attached hydrogens (tertiary/aromatic N) is 1. The van der Waals surface area contributed by atoms with Crippen LogP contribution in [0.25, 0.3) is 10.9 Å². The summed E-state index contributed by atoms with van der Waals surface area (Å²) in [5, 5.41) is 1.31. The Morgan fingerprint density at radius 1 is 1.06 bits per heavy atom. The lowest BCUT2D eigenvalue weighted by atomic mass is 10.1. The van der Waals surface area contributed by atoms with E-state index in [1.54, 1.807) is 0 Å². The van der Waals surface area contributed by atoms with Gasteiger partial charge in [-0.1, -0.05) is 50.8 Å². The molecule has 0 saturated carbocycles. The summed E-state index contributed by atoms with van der Waals surface area (Å²) in [6.07, 6.45) is 8.83. The highest BCUT2D eigenvalue weighted by molar-refractivity contribution is 5.83.